The van der Waals surface area contributed by atoms with Crippen LogP contribution in [0.5, 0.6) is 11.6 Å². The molecule has 1 aromatic heterocycles. The van der Waals surface area contributed by atoms with Gasteiger partial charge < -0.3 is 14.7 Å². The highest BCUT2D eigenvalue weighted by molar-refractivity contribution is 6.36. The molecule has 0 bridgehead atoms. The van der Waals surface area contributed by atoms with Gasteiger partial charge in [0.15, 0.2) is 5.69 Å². The molecule has 0 saturated carbocycles. The van der Waals surface area contributed by atoms with Gasteiger partial charge in [-0.15, -0.1) is 10.2 Å². The van der Waals surface area contributed by atoms with Gasteiger partial charge in [0.25, 0.3) is 5.91 Å². The van der Waals surface area contributed by atoms with E-state index in [2.05, 4.69) is 27.1 Å². The summed E-state index contributed by atoms with van der Waals surface area (Å²) in [5.74, 6) is -0.0129. The molecule has 196 valence electrons. The lowest BCUT2D eigenvalue weighted by atomic mass is 10.2. The lowest BCUT2D eigenvalue weighted by molar-refractivity contribution is 0.0995. The highest BCUT2D eigenvalue weighted by Crippen LogP contribution is 2.42. The minimum Gasteiger partial charge on any atom is -0.493 e. The van der Waals surface area contributed by atoms with E-state index in [4.69, 9.17) is 27.9 Å². The number of hydrogen-bond acceptors (Lipinski definition) is 6. The predicted octanol–water partition coefficient (Wildman–Crippen LogP) is 6.36. The van der Waals surface area contributed by atoms with E-state index in [1.807, 2.05) is 30.3 Å². The van der Waals surface area contributed by atoms with Crippen LogP contribution in [0.2, 0.25) is 10.0 Å². The highest BCUT2D eigenvalue weighted by Gasteiger charge is 2.22. The van der Waals surface area contributed by atoms with Crippen molar-refractivity contribution in [1.29, 1.82) is 0 Å². The third-order valence-electron chi connectivity index (χ3n) is 6.56. The van der Waals surface area contributed by atoms with Crippen LogP contribution < -0.4 is 4.74 Å². The molecule has 1 amide bonds. The van der Waals surface area contributed by atoms with Gasteiger partial charge in [-0.25, -0.2) is 0 Å². The van der Waals surface area contributed by atoms with Crippen molar-refractivity contribution >= 4 is 45.7 Å². The van der Waals surface area contributed by atoms with Gasteiger partial charge in [0.2, 0.25) is 5.88 Å². The van der Waals surface area contributed by atoms with Gasteiger partial charge in [0.1, 0.15) is 12.4 Å². The number of halogens is 2. The number of carbonyl (C=O) groups is 1. The highest BCUT2D eigenvalue weighted by atomic mass is 35.5. The standard InChI is InChI=1S/C28H27Cl2N5O3/c1-33-12-14-34(15-13-33)18-35-24-7-3-6-23(30)25(24)26(28(35)37)31-32-27(36)20-8-10-22(11-9-20)38-17-19-4-2-5-21(29)16-19/h2-11,16,37H,12-15,17-18H2,1H3. The van der Waals surface area contributed by atoms with E-state index in [0.29, 0.717) is 40.0 Å². The van der Waals surface area contributed by atoms with Crippen LogP contribution >= 0.6 is 23.2 Å². The number of azo groups is 1. The van der Waals surface area contributed by atoms with Crippen molar-refractivity contribution in [2.45, 2.75) is 13.3 Å². The summed E-state index contributed by atoms with van der Waals surface area (Å²) < 4.78 is 7.54. The minimum atomic E-state index is -0.544. The van der Waals surface area contributed by atoms with E-state index < -0.39 is 5.91 Å². The second kappa shape index (κ2) is 11.5. The van der Waals surface area contributed by atoms with E-state index in [0.717, 1.165) is 37.3 Å². The number of ether oxygens (including phenoxy) is 1. The van der Waals surface area contributed by atoms with Crippen molar-refractivity contribution in [3.63, 3.8) is 0 Å². The van der Waals surface area contributed by atoms with Gasteiger partial charge >= 0.3 is 0 Å². The quantitative estimate of drug-likeness (QED) is 0.270. The number of likely N-dealkylation sites (N-methyl/N-ethyl adjacent to an activating group) is 1. The van der Waals surface area contributed by atoms with E-state index >= 15 is 0 Å². The van der Waals surface area contributed by atoms with Gasteiger partial charge in [-0.1, -0.05) is 41.4 Å². The Morgan fingerprint density at radius 2 is 1.74 bits per heavy atom. The molecular weight excluding hydrogens is 525 g/mol. The maximum atomic E-state index is 12.8. The molecule has 1 N–H and O–H groups in total. The topological polar surface area (TPSA) is 82.7 Å². The number of aromatic hydroxyl groups is 1. The molecule has 38 heavy (non-hydrogen) atoms. The van der Waals surface area contributed by atoms with E-state index in [-0.39, 0.29) is 11.6 Å². The fraction of sp³-hybridized carbons (Fsp3) is 0.250. The fourth-order valence-corrected chi connectivity index (χ4v) is 4.87. The zero-order valence-electron chi connectivity index (χ0n) is 20.8. The molecule has 0 unspecified atom stereocenters. The Kier molecular flexibility index (Phi) is 7.95. The van der Waals surface area contributed by atoms with Crippen LogP contribution in [0.25, 0.3) is 10.9 Å². The van der Waals surface area contributed by atoms with E-state index in [1.165, 1.54) is 0 Å². The number of piperazine rings is 1. The van der Waals surface area contributed by atoms with Gasteiger partial charge in [0, 0.05) is 36.8 Å². The fourth-order valence-electron chi connectivity index (χ4n) is 4.39. The van der Waals surface area contributed by atoms with Crippen LogP contribution in [0.1, 0.15) is 15.9 Å². The summed E-state index contributed by atoms with van der Waals surface area (Å²) in [6.07, 6.45) is 0. The van der Waals surface area contributed by atoms with Crippen molar-refractivity contribution in [2.24, 2.45) is 10.2 Å². The SMILES string of the molecule is CN1CCN(Cn2c(O)c(N=NC(=O)c3ccc(OCc4cccc(Cl)c4)cc3)c3c(Cl)cccc32)CC1. The normalized spacial score (nSPS) is 14.9. The van der Waals surface area contributed by atoms with Gasteiger partial charge in [-0.3, -0.25) is 14.3 Å². The van der Waals surface area contributed by atoms with Gasteiger partial charge in [0.05, 0.1) is 22.6 Å². The molecule has 1 aliphatic heterocycles. The van der Waals surface area contributed by atoms with Crippen molar-refractivity contribution in [2.75, 3.05) is 33.2 Å². The summed E-state index contributed by atoms with van der Waals surface area (Å²) in [6.45, 7) is 4.50. The summed E-state index contributed by atoms with van der Waals surface area (Å²) in [4.78, 5) is 17.3. The Morgan fingerprint density at radius 1 is 1.00 bits per heavy atom. The first-order valence-electron chi connectivity index (χ1n) is 12.2. The van der Waals surface area contributed by atoms with Crippen molar-refractivity contribution in [3.05, 3.63) is 87.9 Å². The van der Waals surface area contributed by atoms with Crippen LogP contribution in [0.15, 0.2) is 77.0 Å². The summed E-state index contributed by atoms with van der Waals surface area (Å²) >= 11 is 12.5. The third-order valence-corrected chi connectivity index (χ3v) is 7.11. The molecule has 0 spiro atoms. The molecule has 0 radical (unpaired) electrons. The zero-order chi connectivity index (χ0) is 26.6. The van der Waals surface area contributed by atoms with Crippen molar-refractivity contribution < 1.29 is 14.6 Å². The first kappa shape index (κ1) is 26.2. The van der Waals surface area contributed by atoms with Crippen molar-refractivity contribution in [3.8, 4) is 11.6 Å². The third kappa shape index (κ3) is 5.84. The summed E-state index contributed by atoms with van der Waals surface area (Å²) in [5.41, 5.74) is 2.19. The lowest BCUT2D eigenvalue weighted by Crippen LogP contribution is -2.44. The molecule has 2 heterocycles. The van der Waals surface area contributed by atoms with Crippen LogP contribution in [-0.4, -0.2) is 58.6 Å². The largest absolute Gasteiger partial charge is 0.493 e. The minimum absolute atomic E-state index is 0.0756. The Bertz CT molecular complexity index is 1480. The smallest absolute Gasteiger partial charge is 0.295 e. The average molecular weight is 552 g/mol. The maximum Gasteiger partial charge on any atom is 0.295 e. The summed E-state index contributed by atoms with van der Waals surface area (Å²) in [6, 6.07) is 19.5. The Morgan fingerprint density at radius 3 is 2.47 bits per heavy atom. The molecule has 1 saturated heterocycles. The van der Waals surface area contributed by atoms with E-state index in [1.54, 1.807) is 41.0 Å². The predicted molar refractivity (Wildman–Crippen MR) is 149 cm³/mol. The molecule has 3 aromatic carbocycles. The summed E-state index contributed by atoms with van der Waals surface area (Å²) in [5, 5.41) is 20.8. The number of rotatable bonds is 7. The summed E-state index contributed by atoms with van der Waals surface area (Å²) in [7, 11) is 2.09. The first-order valence-corrected chi connectivity index (χ1v) is 13.0. The first-order chi connectivity index (χ1) is 18.4. The molecule has 8 nitrogen and oxygen atoms in total. The molecule has 10 heteroatoms. The van der Waals surface area contributed by atoms with Gasteiger partial charge in [-0.05, 0) is 61.1 Å². The second-order valence-corrected chi connectivity index (χ2v) is 10.1. The van der Waals surface area contributed by atoms with E-state index in [9.17, 15) is 9.90 Å². The lowest BCUT2D eigenvalue weighted by Gasteiger charge is -2.32. The Balaban J connectivity index is 1.32. The molecule has 1 fully saturated rings. The number of benzene rings is 3. The number of carbonyl (C=O) groups excluding carboxylic acids is 1. The molecular formula is C28H27Cl2N5O3. The molecule has 0 aliphatic carbocycles. The number of hydrogen-bond donors (Lipinski definition) is 1. The molecule has 1 aliphatic rings. The number of aromatic nitrogens is 1. The Labute approximate surface area is 230 Å². The van der Waals surface area contributed by atoms with Crippen LogP contribution in [-0.2, 0) is 13.3 Å². The monoisotopic (exact) mass is 551 g/mol. The Hall–Kier alpha value is -3.43. The van der Waals surface area contributed by atoms with Crippen LogP contribution in [0.3, 0.4) is 0 Å². The molecule has 4 aromatic rings. The number of fused-ring (bicyclic) bond motifs is 1. The van der Waals surface area contributed by atoms with Crippen LogP contribution in [0, 0.1) is 0 Å². The maximum absolute atomic E-state index is 12.8. The average Bonchev–Trinajstić information content (AvgIpc) is 3.19. The van der Waals surface area contributed by atoms with Gasteiger partial charge in [-0.2, -0.15) is 0 Å². The second-order valence-electron chi connectivity index (χ2n) is 9.25. The van der Waals surface area contributed by atoms with Crippen LogP contribution in [0.4, 0.5) is 5.69 Å². The van der Waals surface area contributed by atoms with Crippen molar-refractivity contribution in [1.82, 2.24) is 14.4 Å². The molecule has 5 rings (SSSR count). The number of nitrogens with zero attached hydrogens (tertiary/aromatic N) is 5. The number of amides is 1. The molecule has 0 atom stereocenters. The zero-order valence-corrected chi connectivity index (χ0v) is 22.4.